The van der Waals surface area contributed by atoms with Gasteiger partial charge < -0.3 is 19.6 Å². The van der Waals surface area contributed by atoms with Crippen LogP contribution in [0.25, 0.3) is 22.2 Å². The van der Waals surface area contributed by atoms with Crippen molar-refractivity contribution in [1.29, 1.82) is 0 Å². The Labute approximate surface area is 160 Å². The van der Waals surface area contributed by atoms with Crippen LogP contribution in [0.4, 0.5) is 0 Å². The maximum atomic E-state index is 12.4. The average molecular weight is 382 g/mol. The summed E-state index contributed by atoms with van der Waals surface area (Å²) in [6, 6.07) is 16.5. The van der Waals surface area contributed by atoms with Crippen LogP contribution in [0.1, 0.15) is 16.2 Å². The summed E-state index contributed by atoms with van der Waals surface area (Å²) in [5.74, 6) is 1.06. The number of amides is 1. The molecule has 2 aromatic heterocycles. The summed E-state index contributed by atoms with van der Waals surface area (Å²) < 4.78 is 10.5. The molecule has 0 fully saturated rings. The van der Waals surface area contributed by atoms with Crippen molar-refractivity contribution in [3.05, 3.63) is 71.1 Å². The fourth-order valence-electron chi connectivity index (χ4n) is 2.80. The predicted octanol–water partition coefficient (Wildman–Crippen LogP) is 4.41. The molecule has 0 atom stereocenters. The van der Waals surface area contributed by atoms with E-state index >= 15 is 0 Å². The average Bonchev–Trinajstić information content (AvgIpc) is 3.33. The smallest absolute Gasteiger partial charge is 0.268 e. The SMILES string of the molecule is COc1cccc(-c2cc(CNC(=O)c3cc4cc(Cl)ccc4[nH]3)on2)c1. The van der Waals surface area contributed by atoms with E-state index in [1.807, 2.05) is 30.3 Å². The van der Waals surface area contributed by atoms with Crippen molar-refractivity contribution in [2.45, 2.75) is 6.54 Å². The highest BCUT2D eigenvalue weighted by Gasteiger charge is 2.12. The van der Waals surface area contributed by atoms with Crippen molar-refractivity contribution in [1.82, 2.24) is 15.5 Å². The molecule has 6 nitrogen and oxygen atoms in total. The largest absolute Gasteiger partial charge is 0.497 e. The van der Waals surface area contributed by atoms with Crippen molar-refractivity contribution in [2.75, 3.05) is 7.11 Å². The van der Waals surface area contributed by atoms with E-state index in [9.17, 15) is 4.79 Å². The molecular weight excluding hydrogens is 366 g/mol. The second kappa shape index (κ2) is 7.17. The number of hydrogen-bond donors (Lipinski definition) is 2. The number of aromatic amines is 1. The van der Waals surface area contributed by atoms with Crippen molar-refractivity contribution in [3.63, 3.8) is 0 Å². The molecule has 4 aromatic rings. The van der Waals surface area contributed by atoms with Gasteiger partial charge in [-0.3, -0.25) is 4.79 Å². The van der Waals surface area contributed by atoms with Crippen molar-refractivity contribution in [2.24, 2.45) is 0 Å². The van der Waals surface area contributed by atoms with Gasteiger partial charge in [-0.05, 0) is 36.4 Å². The fourth-order valence-corrected chi connectivity index (χ4v) is 2.98. The lowest BCUT2D eigenvalue weighted by Gasteiger charge is -2.00. The van der Waals surface area contributed by atoms with Crippen LogP contribution in [-0.2, 0) is 6.54 Å². The Morgan fingerprint density at radius 3 is 2.96 bits per heavy atom. The topological polar surface area (TPSA) is 80.1 Å². The third-order valence-electron chi connectivity index (χ3n) is 4.18. The number of aromatic nitrogens is 2. The second-order valence-electron chi connectivity index (χ2n) is 6.01. The highest BCUT2D eigenvalue weighted by molar-refractivity contribution is 6.31. The monoisotopic (exact) mass is 381 g/mol. The maximum absolute atomic E-state index is 12.4. The van der Waals surface area contributed by atoms with Crippen LogP contribution in [0.2, 0.25) is 5.02 Å². The summed E-state index contributed by atoms with van der Waals surface area (Å²) in [5, 5.41) is 8.38. The quantitative estimate of drug-likeness (QED) is 0.536. The summed E-state index contributed by atoms with van der Waals surface area (Å²) in [6.45, 7) is 0.228. The first-order valence-electron chi connectivity index (χ1n) is 8.29. The van der Waals surface area contributed by atoms with Gasteiger partial charge >= 0.3 is 0 Å². The molecule has 0 saturated carbocycles. The molecule has 0 spiro atoms. The van der Waals surface area contributed by atoms with E-state index in [1.54, 1.807) is 31.4 Å². The first-order chi connectivity index (χ1) is 13.1. The lowest BCUT2D eigenvalue weighted by molar-refractivity contribution is 0.0943. The molecule has 136 valence electrons. The first kappa shape index (κ1) is 17.2. The third kappa shape index (κ3) is 3.66. The summed E-state index contributed by atoms with van der Waals surface area (Å²) >= 11 is 5.98. The number of rotatable bonds is 5. The first-order valence-corrected chi connectivity index (χ1v) is 8.66. The van der Waals surface area contributed by atoms with Crippen LogP contribution >= 0.6 is 11.6 Å². The van der Waals surface area contributed by atoms with E-state index in [1.165, 1.54) is 0 Å². The fraction of sp³-hybridized carbons (Fsp3) is 0.100. The highest BCUT2D eigenvalue weighted by Crippen LogP contribution is 2.24. The Bertz CT molecular complexity index is 1120. The lowest BCUT2D eigenvalue weighted by Crippen LogP contribution is -2.22. The number of carbonyl (C=O) groups excluding carboxylic acids is 1. The van der Waals surface area contributed by atoms with Crippen LogP contribution in [0.15, 0.2) is 59.1 Å². The zero-order valence-corrected chi connectivity index (χ0v) is 15.2. The zero-order chi connectivity index (χ0) is 18.8. The van der Waals surface area contributed by atoms with Crippen molar-refractivity contribution >= 4 is 28.4 Å². The molecular formula is C20H16ClN3O3. The van der Waals surface area contributed by atoms with Crippen LogP contribution in [0.3, 0.4) is 0 Å². The number of fused-ring (bicyclic) bond motifs is 1. The third-order valence-corrected chi connectivity index (χ3v) is 4.41. The molecule has 2 N–H and O–H groups in total. The Morgan fingerprint density at radius 1 is 1.22 bits per heavy atom. The number of halogens is 1. The minimum atomic E-state index is -0.235. The second-order valence-corrected chi connectivity index (χ2v) is 6.44. The predicted molar refractivity (Wildman–Crippen MR) is 103 cm³/mol. The maximum Gasteiger partial charge on any atom is 0.268 e. The number of hydrogen-bond acceptors (Lipinski definition) is 4. The molecule has 7 heteroatoms. The normalized spacial score (nSPS) is 10.9. The van der Waals surface area contributed by atoms with Crippen LogP contribution in [0.5, 0.6) is 5.75 Å². The molecule has 0 aliphatic rings. The Kier molecular flexibility index (Phi) is 4.56. The van der Waals surface area contributed by atoms with E-state index in [-0.39, 0.29) is 12.5 Å². The van der Waals surface area contributed by atoms with Crippen LogP contribution in [0, 0.1) is 0 Å². The van der Waals surface area contributed by atoms with Gasteiger partial charge in [-0.2, -0.15) is 0 Å². The molecule has 4 rings (SSSR count). The Balaban J connectivity index is 1.45. The number of nitrogens with one attached hydrogen (secondary N) is 2. The van der Waals surface area contributed by atoms with E-state index in [0.29, 0.717) is 22.2 Å². The molecule has 2 aromatic carbocycles. The van der Waals surface area contributed by atoms with Gasteiger partial charge in [0.15, 0.2) is 5.76 Å². The molecule has 0 unspecified atom stereocenters. The summed E-state index contributed by atoms with van der Waals surface area (Å²) in [7, 11) is 1.61. The number of nitrogens with zero attached hydrogens (tertiary/aromatic N) is 1. The van der Waals surface area contributed by atoms with Gasteiger partial charge in [0, 0.05) is 27.6 Å². The number of H-pyrrole nitrogens is 1. The molecule has 0 radical (unpaired) electrons. The standard InChI is InChI=1S/C20H16ClN3O3/c1-26-15-4-2-3-12(8-15)18-10-16(27-24-18)11-22-20(25)19-9-13-7-14(21)5-6-17(13)23-19/h2-10,23H,11H2,1H3,(H,22,25). The van der Waals surface area contributed by atoms with E-state index in [0.717, 1.165) is 22.2 Å². The Hall–Kier alpha value is -3.25. The van der Waals surface area contributed by atoms with Gasteiger partial charge in [-0.25, -0.2) is 0 Å². The minimum absolute atomic E-state index is 0.228. The molecule has 0 bridgehead atoms. The van der Waals surface area contributed by atoms with E-state index < -0.39 is 0 Å². The van der Waals surface area contributed by atoms with E-state index in [4.69, 9.17) is 20.9 Å². The molecule has 27 heavy (non-hydrogen) atoms. The van der Waals surface area contributed by atoms with Gasteiger partial charge in [0.2, 0.25) is 0 Å². The number of benzene rings is 2. The summed E-state index contributed by atoms with van der Waals surface area (Å²) in [5.41, 5.74) is 2.87. The molecule has 0 aliphatic heterocycles. The van der Waals surface area contributed by atoms with Gasteiger partial charge in [0.25, 0.3) is 5.91 Å². The number of methoxy groups -OCH3 is 1. The highest BCUT2D eigenvalue weighted by atomic mass is 35.5. The minimum Gasteiger partial charge on any atom is -0.497 e. The molecule has 0 aliphatic carbocycles. The van der Waals surface area contributed by atoms with Crippen molar-refractivity contribution < 1.29 is 14.1 Å². The lowest BCUT2D eigenvalue weighted by atomic mass is 10.1. The van der Waals surface area contributed by atoms with Gasteiger partial charge in [-0.1, -0.05) is 28.9 Å². The van der Waals surface area contributed by atoms with Crippen molar-refractivity contribution in [3.8, 4) is 17.0 Å². The summed E-state index contributed by atoms with van der Waals surface area (Å²) in [6.07, 6.45) is 0. The molecule has 0 saturated heterocycles. The van der Waals surface area contributed by atoms with Gasteiger partial charge in [0.1, 0.15) is 17.1 Å². The Morgan fingerprint density at radius 2 is 2.11 bits per heavy atom. The van der Waals surface area contributed by atoms with Crippen LogP contribution in [-0.4, -0.2) is 23.2 Å². The number of carbonyl (C=O) groups is 1. The van der Waals surface area contributed by atoms with Crippen LogP contribution < -0.4 is 10.1 Å². The zero-order valence-electron chi connectivity index (χ0n) is 14.5. The van der Waals surface area contributed by atoms with E-state index in [2.05, 4.69) is 15.5 Å². The summed E-state index contributed by atoms with van der Waals surface area (Å²) in [4.78, 5) is 15.5. The number of ether oxygens (including phenoxy) is 1. The molecule has 1 amide bonds. The van der Waals surface area contributed by atoms with Gasteiger partial charge in [-0.15, -0.1) is 0 Å². The molecule has 2 heterocycles. The van der Waals surface area contributed by atoms with Gasteiger partial charge in [0.05, 0.1) is 13.7 Å².